The SMILES string of the molecule is Oc1ccccc1-c1cccc(C2(c3[c-]c(-c4ncnc5ccsc45)ccc3)c3ccccc3-c3c2ccc2ccccc32)n1.[Pt]. The van der Waals surface area contributed by atoms with Crippen LogP contribution in [-0.2, 0) is 26.5 Å². The van der Waals surface area contributed by atoms with E-state index in [1.165, 1.54) is 21.9 Å². The fourth-order valence-electron chi connectivity index (χ4n) is 7.04. The topological polar surface area (TPSA) is 58.9 Å². The second kappa shape index (κ2) is 11.1. The number of hydrogen-bond acceptors (Lipinski definition) is 5. The smallest absolute Gasteiger partial charge is 0.124 e. The second-order valence-electron chi connectivity index (χ2n) is 11.3. The van der Waals surface area contributed by atoms with Crippen LogP contribution in [0.25, 0.3) is 54.6 Å². The Hall–Kier alpha value is -4.96. The van der Waals surface area contributed by atoms with Crippen molar-refractivity contribution in [1.29, 1.82) is 0 Å². The van der Waals surface area contributed by atoms with E-state index in [9.17, 15) is 5.11 Å². The number of phenols is 1. The number of pyridine rings is 1. The van der Waals surface area contributed by atoms with Crippen molar-refractivity contribution in [2.75, 3.05) is 0 Å². The Kier molecular flexibility index (Phi) is 6.90. The van der Waals surface area contributed by atoms with Gasteiger partial charge >= 0.3 is 0 Å². The van der Waals surface area contributed by atoms with Crippen molar-refractivity contribution in [3.8, 4) is 39.4 Å². The van der Waals surface area contributed by atoms with Gasteiger partial charge in [-0.3, -0.25) is 9.97 Å². The molecular weight excluding hydrogens is 766 g/mol. The Bertz CT molecular complexity index is 2440. The average Bonchev–Trinajstić information content (AvgIpc) is 3.70. The number of fused-ring (bicyclic) bond motifs is 6. The van der Waals surface area contributed by atoms with Gasteiger partial charge in [0.15, 0.2) is 0 Å². The van der Waals surface area contributed by atoms with E-state index in [0.717, 1.165) is 43.9 Å². The summed E-state index contributed by atoms with van der Waals surface area (Å²) in [6, 6.07) is 47.4. The van der Waals surface area contributed by atoms with Gasteiger partial charge in [-0.05, 0) is 68.7 Å². The van der Waals surface area contributed by atoms with Gasteiger partial charge in [0.2, 0.25) is 0 Å². The minimum absolute atomic E-state index is 0. The molecule has 46 heavy (non-hydrogen) atoms. The van der Waals surface area contributed by atoms with Gasteiger partial charge in [-0.2, -0.15) is 11.3 Å². The van der Waals surface area contributed by atoms with E-state index in [2.05, 4.69) is 101 Å². The van der Waals surface area contributed by atoms with E-state index in [-0.39, 0.29) is 26.8 Å². The van der Waals surface area contributed by atoms with E-state index in [1.807, 2.05) is 36.4 Å². The minimum Gasteiger partial charge on any atom is -0.507 e. The number of phenolic OH excluding ortho intramolecular Hbond substituents is 1. The Morgan fingerprint density at radius 2 is 1.48 bits per heavy atom. The molecule has 0 saturated heterocycles. The summed E-state index contributed by atoms with van der Waals surface area (Å²) in [5, 5.41) is 15.3. The monoisotopic (exact) mass is 789 g/mol. The van der Waals surface area contributed by atoms with Crippen LogP contribution in [0.5, 0.6) is 5.75 Å². The van der Waals surface area contributed by atoms with Crippen LogP contribution in [0.3, 0.4) is 0 Å². The fourth-order valence-corrected chi connectivity index (χ4v) is 7.89. The van der Waals surface area contributed by atoms with Crippen LogP contribution in [0.15, 0.2) is 139 Å². The molecule has 0 bridgehead atoms. The summed E-state index contributed by atoms with van der Waals surface area (Å²) in [6.07, 6.45) is 1.63. The van der Waals surface area contributed by atoms with Crippen molar-refractivity contribution in [2.24, 2.45) is 0 Å². The molecule has 5 aromatic carbocycles. The van der Waals surface area contributed by atoms with E-state index in [4.69, 9.17) is 9.97 Å². The number of aromatic nitrogens is 3. The molecule has 0 spiro atoms. The van der Waals surface area contributed by atoms with Gasteiger partial charge in [-0.15, -0.1) is 35.4 Å². The van der Waals surface area contributed by atoms with Gasteiger partial charge in [0.25, 0.3) is 0 Å². The third kappa shape index (κ3) is 4.12. The summed E-state index contributed by atoms with van der Waals surface area (Å²) in [6.45, 7) is 0. The molecule has 4 nitrogen and oxygen atoms in total. The number of benzene rings is 5. The molecule has 0 amide bonds. The van der Waals surface area contributed by atoms with E-state index < -0.39 is 5.41 Å². The first-order valence-corrected chi connectivity index (χ1v) is 15.7. The molecule has 0 aliphatic heterocycles. The quantitative estimate of drug-likeness (QED) is 0.181. The van der Waals surface area contributed by atoms with Crippen LogP contribution in [0, 0.1) is 6.07 Å². The summed E-state index contributed by atoms with van der Waals surface area (Å²) in [7, 11) is 0. The number of rotatable bonds is 4. The maximum atomic E-state index is 10.8. The summed E-state index contributed by atoms with van der Waals surface area (Å²) < 4.78 is 1.04. The summed E-state index contributed by atoms with van der Waals surface area (Å²) >= 11 is 1.64. The maximum absolute atomic E-state index is 10.8. The zero-order valence-corrected chi connectivity index (χ0v) is 27.4. The van der Waals surface area contributed by atoms with E-state index >= 15 is 0 Å². The molecule has 8 aromatic rings. The van der Waals surface area contributed by atoms with Crippen LogP contribution in [0.2, 0.25) is 0 Å². The van der Waals surface area contributed by atoms with Gasteiger partial charge in [-0.1, -0.05) is 78.9 Å². The number of hydrogen-bond donors (Lipinski definition) is 1. The zero-order valence-electron chi connectivity index (χ0n) is 24.3. The maximum Gasteiger partial charge on any atom is 0.124 e. The summed E-state index contributed by atoms with van der Waals surface area (Å²) in [5.41, 5.74) is 9.86. The van der Waals surface area contributed by atoms with Crippen molar-refractivity contribution >= 4 is 32.3 Å². The second-order valence-corrected chi connectivity index (χ2v) is 12.2. The molecule has 1 aliphatic carbocycles. The standard InChI is InChI=1S/C40H24N3OS.Pt/c44-35-17-6-4-14-30(35)33-16-8-18-36(43-33)40(27-11-7-10-26(23-27)38-39-34(21-22-45-39)41-24-42-38)31-15-5-3-13-29(31)37-28-12-2-1-9-25(28)19-20-32(37)40;/h1-22,24,44H;/q-1;. The Morgan fingerprint density at radius 3 is 2.39 bits per heavy atom. The van der Waals surface area contributed by atoms with Crippen molar-refractivity contribution in [2.45, 2.75) is 5.41 Å². The van der Waals surface area contributed by atoms with Crippen molar-refractivity contribution < 1.29 is 26.2 Å². The van der Waals surface area contributed by atoms with Crippen LogP contribution < -0.4 is 0 Å². The van der Waals surface area contributed by atoms with Crippen LogP contribution in [0.1, 0.15) is 22.4 Å². The molecule has 0 fully saturated rings. The van der Waals surface area contributed by atoms with E-state index in [0.29, 0.717) is 11.3 Å². The number of nitrogens with zero attached hydrogens (tertiary/aromatic N) is 3. The number of thiophene rings is 1. The zero-order chi connectivity index (χ0) is 30.0. The first-order valence-electron chi connectivity index (χ1n) is 14.8. The third-order valence-electron chi connectivity index (χ3n) is 8.94. The van der Waals surface area contributed by atoms with Crippen molar-refractivity contribution in [1.82, 2.24) is 15.0 Å². The molecule has 3 heterocycles. The fraction of sp³-hybridized carbons (Fsp3) is 0.0250. The summed E-state index contributed by atoms with van der Waals surface area (Å²) in [4.78, 5) is 14.6. The van der Waals surface area contributed by atoms with Gasteiger partial charge in [0, 0.05) is 37.0 Å². The van der Waals surface area contributed by atoms with E-state index in [1.54, 1.807) is 23.7 Å². The third-order valence-corrected chi connectivity index (χ3v) is 9.85. The van der Waals surface area contributed by atoms with Gasteiger partial charge < -0.3 is 5.11 Å². The van der Waals surface area contributed by atoms with Crippen molar-refractivity contribution in [3.05, 3.63) is 168 Å². The van der Waals surface area contributed by atoms with Gasteiger partial charge in [0.05, 0.1) is 22.3 Å². The molecule has 0 saturated carbocycles. The summed E-state index contributed by atoms with van der Waals surface area (Å²) in [5.74, 6) is 0.201. The molecule has 222 valence electrons. The molecular formula is C40H24N3OPtS-. The average molecular weight is 790 g/mol. The van der Waals surface area contributed by atoms with Crippen LogP contribution in [0.4, 0.5) is 0 Å². The Labute approximate surface area is 284 Å². The van der Waals surface area contributed by atoms with Gasteiger partial charge in [0.1, 0.15) is 12.1 Å². The predicted molar refractivity (Wildman–Crippen MR) is 181 cm³/mol. The normalized spacial score (nSPS) is 15.0. The minimum atomic E-state index is -0.784. The van der Waals surface area contributed by atoms with Crippen LogP contribution >= 0.6 is 11.3 Å². The first-order chi connectivity index (χ1) is 22.2. The number of para-hydroxylation sites is 1. The molecule has 1 aliphatic rings. The predicted octanol–water partition coefficient (Wildman–Crippen LogP) is 9.44. The molecule has 6 heteroatoms. The Morgan fingerprint density at radius 1 is 0.674 bits per heavy atom. The largest absolute Gasteiger partial charge is 0.507 e. The molecule has 1 N–H and O–H groups in total. The molecule has 1 unspecified atom stereocenters. The number of aromatic hydroxyl groups is 1. The molecule has 0 radical (unpaired) electrons. The van der Waals surface area contributed by atoms with Crippen LogP contribution in [-0.4, -0.2) is 20.1 Å². The molecule has 1 atom stereocenters. The molecule has 9 rings (SSSR count). The Balaban J connectivity index is 0.00000312. The molecule has 3 aromatic heterocycles. The van der Waals surface area contributed by atoms with Crippen molar-refractivity contribution in [3.63, 3.8) is 0 Å². The first kappa shape index (κ1) is 28.5. The van der Waals surface area contributed by atoms with Gasteiger partial charge in [-0.25, -0.2) is 4.98 Å².